The first-order valence-electron chi connectivity index (χ1n) is 9.37. The molecule has 29 heavy (non-hydrogen) atoms. The minimum Gasteiger partial charge on any atom is -0.494 e. The van der Waals surface area contributed by atoms with Crippen molar-refractivity contribution in [2.75, 3.05) is 25.1 Å². The summed E-state index contributed by atoms with van der Waals surface area (Å²) in [7, 11) is 0. The molecular formula is C21H26FN3O4. The van der Waals surface area contributed by atoms with Crippen molar-refractivity contribution < 1.29 is 23.4 Å². The first-order chi connectivity index (χ1) is 13.9. The number of esters is 1. The topological polar surface area (TPSA) is 107 Å². The third kappa shape index (κ3) is 5.60. The van der Waals surface area contributed by atoms with Gasteiger partial charge in [0.05, 0.1) is 19.8 Å². The Bertz CT molecular complexity index is 856. The second-order valence-electron chi connectivity index (χ2n) is 6.01. The fourth-order valence-electron chi connectivity index (χ4n) is 2.72. The fraction of sp³-hybridized carbons (Fsp3) is 0.333. The molecular weight excluding hydrogens is 377 g/mol. The number of hydrogen-bond acceptors (Lipinski definition) is 6. The summed E-state index contributed by atoms with van der Waals surface area (Å²) >= 11 is 0. The Morgan fingerprint density at radius 1 is 1.10 bits per heavy atom. The van der Waals surface area contributed by atoms with Crippen LogP contribution in [0.3, 0.4) is 0 Å². The van der Waals surface area contributed by atoms with E-state index in [9.17, 15) is 4.79 Å². The van der Waals surface area contributed by atoms with Gasteiger partial charge in [-0.25, -0.2) is 9.18 Å². The van der Waals surface area contributed by atoms with Gasteiger partial charge in [-0.2, -0.15) is 0 Å². The summed E-state index contributed by atoms with van der Waals surface area (Å²) in [5.74, 6) is -0.999. The molecule has 1 unspecified atom stereocenters. The van der Waals surface area contributed by atoms with Crippen molar-refractivity contribution in [1.29, 1.82) is 5.41 Å². The van der Waals surface area contributed by atoms with E-state index < -0.39 is 17.8 Å². The van der Waals surface area contributed by atoms with Crippen LogP contribution in [-0.4, -0.2) is 31.6 Å². The number of carbonyl (C=O) groups excluding carboxylic acids is 1. The summed E-state index contributed by atoms with van der Waals surface area (Å²) in [5, 5.41) is 10.5. The number of halogens is 1. The molecule has 2 aromatic carbocycles. The van der Waals surface area contributed by atoms with Crippen LogP contribution in [0, 0.1) is 11.2 Å². The Balaban J connectivity index is 2.48. The molecule has 7 nitrogen and oxygen atoms in total. The molecule has 2 aromatic rings. The number of rotatable bonds is 10. The van der Waals surface area contributed by atoms with Crippen molar-refractivity contribution >= 4 is 17.5 Å². The fourth-order valence-corrected chi connectivity index (χ4v) is 2.72. The summed E-state index contributed by atoms with van der Waals surface area (Å²) in [5.41, 5.74) is 6.58. The highest BCUT2D eigenvalue weighted by Crippen LogP contribution is 2.33. The zero-order chi connectivity index (χ0) is 21.4. The second kappa shape index (κ2) is 10.3. The standard InChI is InChI=1S/C21H26FN3O4/c1-4-27-15-11-16(18(22)17(12-15)28-5-2)19(21(26)29-6-3)25-14-9-7-13(8-10-14)20(23)24/h7-12,19,25H,4-6H2,1-3H3,(H3,23,24). The van der Waals surface area contributed by atoms with Crippen LogP contribution >= 0.6 is 0 Å². The van der Waals surface area contributed by atoms with Gasteiger partial charge in [-0.05, 0) is 51.1 Å². The van der Waals surface area contributed by atoms with Crippen LogP contribution in [0.2, 0.25) is 0 Å². The molecule has 0 amide bonds. The average Bonchev–Trinajstić information content (AvgIpc) is 2.69. The van der Waals surface area contributed by atoms with Gasteiger partial charge in [0, 0.05) is 22.9 Å². The van der Waals surface area contributed by atoms with Crippen molar-refractivity contribution in [1.82, 2.24) is 0 Å². The predicted octanol–water partition coefficient (Wildman–Crippen LogP) is 3.62. The number of anilines is 1. The maximum absolute atomic E-state index is 15.1. The Kier molecular flexibility index (Phi) is 7.82. The van der Waals surface area contributed by atoms with Crippen molar-refractivity contribution in [3.8, 4) is 11.5 Å². The second-order valence-corrected chi connectivity index (χ2v) is 6.01. The molecule has 0 spiro atoms. The molecule has 4 N–H and O–H groups in total. The Morgan fingerprint density at radius 2 is 1.76 bits per heavy atom. The SMILES string of the molecule is CCOC(=O)C(Nc1ccc(C(=N)N)cc1)c1cc(OCC)cc(OCC)c1F. The number of amidine groups is 1. The van der Waals surface area contributed by atoms with E-state index in [1.807, 2.05) is 0 Å². The van der Waals surface area contributed by atoms with Crippen LogP contribution in [0.5, 0.6) is 11.5 Å². The quantitative estimate of drug-likeness (QED) is 0.318. The Morgan fingerprint density at radius 3 is 2.31 bits per heavy atom. The largest absolute Gasteiger partial charge is 0.494 e. The Labute approximate surface area is 169 Å². The van der Waals surface area contributed by atoms with Gasteiger partial charge in [0.2, 0.25) is 0 Å². The van der Waals surface area contributed by atoms with Crippen LogP contribution in [0.15, 0.2) is 36.4 Å². The molecule has 2 rings (SSSR count). The number of nitrogens with two attached hydrogens (primary N) is 1. The van der Waals surface area contributed by atoms with Crippen LogP contribution < -0.4 is 20.5 Å². The van der Waals surface area contributed by atoms with E-state index in [-0.39, 0.29) is 30.4 Å². The zero-order valence-corrected chi connectivity index (χ0v) is 16.8. The van der Waals surface area contributed by atoms with Gasteiger partial charge >= 0.3 is 5.97 Å². The lowest BCUT2D eigenvalue weighted by Gasteiger charge is -2.21. The monoisotopic (exact) mass is 403 g/mol. The summed E-state index contributed by atoms with van der Waals surface area (Å²) in [6.07, 6.45) is 0. The van der Waals surface area contributed by atoms with Crippen molar-refractivity contribution in [2.24, 2.45) is 5.73 Å². The van der Waals surface area contributed by atoms with Crippen LogP contribution in [0.1, 0.15) is 37.9 Å². The highest BCUT2D eigenvalue weighted by Gasteiger charge is 2.28. The predicted molar refractivity (Wildman–Crippen MR) is 109 cm³/mol. The minimum atomic E-state index is -1.13. The maximum Gasteiger partial charge on any atom is 0.333 e. The van der Waals surface area contributed by atoms with Crippen LogP contribution in [0.25, 0.3) is 0 Å². The maximum atomic E-state index is 15.1. The highest BCUT2D eigenvalue weighted by molar-refractivity contribution is 5.95. The van der Waals surface area contributed by atoms with Gasteiger partial charge in [0.1, 0.15) is 11.6 Å². The van der Waals surface area contributed by atoms with Crippen LogP contribution in [-0.2, 0) is 9.53 Å². The normalized spacial score (nSPS) is 11.4. The van der Waals surface area contributed by atoms with E-state index in [1.165, 1.54) is 12.1 Å². The molecule has 0 fully saturated rings. The van der Waals surface area contributed by atoms with Crippen LogP contribution in [0.4, 0.5) is 10.1 Å². The lowest BCUT2D eigenvalue weighted by atomic mass is 10.0. The van der Waals surface area contributed by atoms with E-state index >= 15 is 4.39 Å². The molecule has 0 heterocycles. The van der Waals surface area contributed by atoms with E-state index in [2.05, 4.69) is 5.32 Å². The van der Waals surface area contributed by atoms with Gasteiger partial charge in [-0.3, -0.25) is 5.41 Å². The molecule has 0 aliphatic rings. The van der Waals surface area contributed by atoms with Gasteiger partial charge in [-0.15, -0.1) is 0 Å². The molecule has 0 aliphatic carbocycles. The summed E-state index contributed by atoms with van der Waals surface area (Å²) in [6.45, 7) is 6.00. The number of nitrogen functional groups attached to an aromatic ring is 1. The molecule has 0 aliphatic heterocycles. The summed E-state index contributed by atoms with van der Waals surface area (Å²) in [6, 6.07) is 8.35. The van der Waals surface area contributed by atoms with E-state index in [1.54, 1.807) is 45.0 Å². The third-order valence-corrected chi connectivity index (χ3v) is 3.99. The third-order valence-electron chi connectivity index (χ3n) is 3.99. The van der Waals surface area contributed by atoms with E-state index in [4.69, 9.17) is 25.4 Å². The summed E-state index contributed by atoms with van der Waals surface area (Å²) < 4.78 is 31.2. The molecule has 0 aromatic heterocycles. The molecule has 0 radical (unpaired) electrons. The van der Waals surface area contributed by atoms with Gasteiger partial charge in [0.25, 0.3) is 0 Å². The van der Waals surface area contributed by atoms with E-state index in [0.29, 0.717) is 23.6 Å². The number of hydrogen-bond donors (Lipinski definition) is 3. The molecule has 0 saturated carbocycles. The molecule has 0 bridgehead atoms. The number of carbonyl (C=O) groups is 1. The average molecular weight is 403 g/mol. The molecule has 156 valence electrons. The number of ether oxygens (including phenoxy) is 3. The van der Waals surface area contributed by atoms with Gasteiger partial charge in [-0.1, -0.05) is 0 Å². The first kappa shape index (κ1) is 22.0. The van der Waals surface area contributed by atoms with Gasteiger partial charge < -0.3 is 25.3 Å². The zero-order valence-electron chi connectivity index (χ0n) is 16.8. The molecule has 8 heteroatoms. The van der Waals surface area contributed by atoms with Crippen molar-refractivity contribution in [3.05, 3.63) is 53.3 Å². The Hall–Kier alpha value is -3.29. The minimum absolute atomic E-state index is 0.00326. The first-order valence-corrected chi connectivity index (χ1v) is 9.37. The molecule has 0 saturated heterocycles. The smallest absolute Gasteiger partial charge is 0.333 e. The molecule has 1 atom stereocenters. The van der Waals surface area contributed by atoms with Gasteiger partial charge in [0.15, 0.2) is 17.6 Å². The summed E-state index contributed by atoms with van der Waals surface area (Å²) in [4.78, 5) is 12.6. The van der Waals surface area contributed by atoms with E-state index in [0.717, 1.165) is 0 Å². The lowest BCUT2D eigenvalue weighted by Crippen LogP contribution is -2.25. The van der Waals surface area contributed by atoms with Crippen molar-refractivity contribution in [3.63, 3.8) is 0 Å². The lowest BCUT2D eigenvalue weighted by molar-refractivity contribution is -0.144. The number of nitrogens with one attached hydrogen (secondary N) is 2. The number of benzene rings is 2. The highest BCUT2D eigenvalue weighted by atomic mass is 19.1. The van der Waals surface area contributed by atoms with Crippen molar-refractivity contribution in [2.45, 2.75) is 26.8 Å².